The third-order valence-electron chi connectivity index (χ3n) is 3.02. The van der Waals surface area contributed by atoms with Gasteiger partial charge >= 0.3 is 11.9 Å². The summed E-state index contributed by atoms with van der Waals surface area (Å²) in [5.74, 6) is -0.941. The molecule has 1 N–H and O–H groups in total. The molecule has 0 aliphatic rings. The summed E-state index contributed by atoms with van der Waals surface area (Å²) >= 11 is 0. The fourth-order valence-corrected chi connectivity index (χ4v) is 2.14. The smallest absolute Gasteiger partial charge is 0.356 e. The Morgan fingerprint density at radius 3 is 2.52 bits per heavy atom. The highest BCUT2D eigenvalue weighted by Gasteiger charge is 2.21. The zero-order valence-electron chi connectivity index (χ0n) is 12.5. The molecule has 2 heterocycles. The Balaban J connectivity index is 2.65. The molecule has 0 fully saturated rings. The molecule has 0 spiro atoms. The summed E-state index contributed by atoms with van der Waals surface area (Å²) in [6.45, 7) is 6.12. The van der Waals surface area contributed by atoms with Gasteiger partial charge in [0.1, 0.15) is 5.82 Å². The number of hydrogen-bond donors (Lipinski definition) is 1. The van der Waals surface area contributed by atoms with Crippen LogP contribution < -0.4 is 0 Å². The maximum atomic E-state index is 11.6. The normalized spacial score (nSPS) is 11.6. The molecule has 0 saturated carbocycles. The van der Waals surface area contributed by atoms with Gasteiger partial charge < -0.3 is 14.2 Å². The number of pyridine rings is 1. The SMILES string of the molecule is COC(=O)c1ccc2c(C(=O)O)nc(CC(C)(C)C)n2c1. The molecule has 0 bridgehead atoms. The van der Waals surface area contributed by atoms with Crippen molar-refractivity contribution in [3.8, 4) is 0 Å². The van der Waals surface area contributed by atoms with Crippen LogP contribution in [0, 0.1) is 5.41 Å². The number of methoxy groups -OCH3 is 1. The first kappa shape index (κ1) is 15.0. The minimum atomic E-state index is -1.08. The highest BCUT2D eigenvalue weighted by Crippen LogP contribution is 2.23. The van der Waals surface area contributed by atoms with Crippen LogP contribution in [0.15, 0.2) is 18.3 Å². The van der Waals surface area contributed by atoms with E-state index >= 15 is 0 Å². The van der Waals surface area contributed by atoms with Crippen molar-refractivity contribution >= 4 is 17.5 Å². The summed E-state index contributed by atoms with van der Waals surface area (Å²) in [6, 6.07) is 3.12. The molecule has 0 unspecified atom stereocenters. The third-order valence-corrected chi connectivity index (χ3v) is 3.02. The van der Waals surface area contributed by atoms with Gasteiger partial charge in [-0.05, 0) is 17.5 Å². The lowest BCUT2D eigenvalue weighted by Crippen LogP contribution is -2.12. The Morgan fingerprint density at radius 2 is 2.00 bits per heavy atom. The number of imidazole rings is 1. The van der Waals surface area contributed by atoms with Crippen LogP contribution in [0.5, 0.6) is 0 Å². The molecule has 0 atom stereocenters. The highest BCUT2D eigenvalue weighted by atomic mass is 16.5. The topological polar surface area (TPSA) is 80.9 Å². The predicted octanol–water partition coefficient (Wildman–Crippen LogP) is 2.41. The minimum Gasteiger partial charge on any atom is -0.476 e. The molecule has 0 aromatic carbocycles. The fourth-order valence-electron chi connectivity index (χ4n) is 2.14. The Labute approximate surface area is 122 Å². The second kappa shape index (κ2) is 5.20. The molecule has 0 amide bonds. The lowest BCUT2D eigenvalue weighted by molar-refractivity contribution is 0.0599. The van der Waals surface area contributed by atoms with Crippen LogP contribution in [0.4, 0.5) is 0 Å². The summed E-state index contributed by atoms with van der Waals surface area (Å²) in [4.78, 5) is 27.1. The quantitative estimate of drug-likeness (QED) is 0.878. The number of fused-ring (bicyclic) bond motifs is 1. The van der Waals surface area contributed by atoms with Gasteiger partial charge in [0.15, 0.2) is 5.69 Å². The first-order valence-electron chi connectivity index (χ1n) is 6.55. The van der Waals surface area contributed by atoms with Crippen LogP contribution in [0.2, 0.25) is 0 Å². The summed E-state index contributed by atoms with van der Waals surface area (Å²) < 4.78 is 6.34. The molecule has 21 heavy (non-hydrogen) atoms. The van der Waals surface area contributed by atoms with Gasteiger partial charge in [-0.3, -0.25) is 0 Å². The summed E-state index contributed by atoms with van der Waals surface area (Å²) in [5.41, 5.74) is 0.757. The van der Waals surface area contributed by atoms with Crippen molar-refractivity contribution in [2.75, 3.05) is 7.11 Å². The van der Waals surface area contributed by atoms with Gasteiger partial charge in [-0.2, -0.15) is 0 Å². The van der Waals surface area contributed by atoms with E-state index in [4.69, 9.17) is 4.74 Å². The van der Waals surface area contributed by atoms with E-state index in [0.717, 1.165) is 0 Å². The average Bonchev–Trinajstić information content (AvgIpc) is 2.74. The van der Waals surface area contributed by atoms with Crippen LogP contribution in [-0.4, -0.2) is 33.5 Å². The molecule has 0 radical (unpaired) electrons. The monoisotopic (exact) mass is 290 g/mol. The number of nitrogens with zero attached hydrogens (tertiary/aromatic N) is 2. The van der Waals surface area contributed by atoms with E-state index in [2.05, 4.69) is 4.98 Å². The summed E-state index contributed by atoms with van der Waals surface area (Å²) in [5, 5.41) is 9.25. The first-order chi connectivity index (χ1) is 9.73. The molecule has 6 heteroatoms. The molecule has 0 aliphatic carbocycles. The van der Waals surface area contributed by atoms with Crippen molar-refractivity contribution in [1.29, 1.82) is 0 Å². The molecule has 2 aromatic rings. The molecule has 2 rings (SSSR count). The number of aromatic nitrogens is 2. The van der Waals surface area contributed by atoms with Crippen LogP contribution in [0.25, 0.3) is 5.52 Å². The molecular weight excluding hydrogens is 272 g/mol. The second-order valence-electron chi connectivity index (χ2n) is 6.08. The maximum absolute atomic E-state index is 11.6. The standard InChI is InChI=1S/C15H18N2O4/c1-15(2,3)7-11-16-12(13(18)19)10-6-5-9(8-17(10)11)14(20)21-4/h5-6,8H,7H2,1-4H3,(H,18,19). The van der Waals surface area contributed by atoms with Gasteiger partial charge in [0.05, 0.1) is 18.2 Å². The van der Waals surface area contributed by atoms with Gasteiger partial charge in [0.2, 0.25) is 0 Å². The number of esters is 1. The van der Waals surface area contributed by atoms with Gasteiger partial charge in [-0.1, -0.05) is 20.8 Å². The van der Waals surface area contributed by atoms with Crippen molar-refractivity contribution in [2.24, 2.45) is 5.41 Å². The van der Waals surface area contributed by atoms with Crippen LogP contribution in [0.3, 0.4) is 0 Å². The summed E-state index contributed by atoms with van der Waals surface area (Å²) in [6.07, 6.45) is 2.16. The number of carboxylic acids is 1. The van der Waals surface area contributed by atoms with E-state index in [-0.39, 0.29) is 11.1 Å². The maximum Gasteiger partial charge on any atom is 0.356 e. The second-order valence-corrected chi connectivity index (χ2v) is 6.08. The molecule has 112 valence electrons. The van der Waals surface area contributed by atoms with Crippen LogP contribution >= 0.6 is 0 Å². The summed E-state index contributed by atoms with van der Waals surface area (Å²) in [7, 11) is 1.30. The number of ether oxygens (including phenoxy) is 1. The molecule has 0 aliphatic heterocycles. The van der Waals surface area contributed by atoms with E-state index < -0.39 is 11.9 Å². The van der Waals surface area contributed by atoms with Gasteiger partial charge in [-0.25, -0.2) is 14.6 Å². The Kier molecular flexibility index (Phi) is 3.72. The number of rotatable bonds is 3. The largest absolute Gasteiger partial charge is 0.476 e. The van der Waals surface area contributed by atoms with Gasteiger partial charge in [-0.15, -0.1) is 0 Å². The van der Waals surface area contributed by atoms with E-state index in [1.807, 2.05) is 20.8 Å². The minimum absolute atomic E-state index is 0.00864. The average molecular weight is 290 g/mol. The van der Waals surface area contributed by atoms with Crippen molar-refractivity contribution in [2.45, 2.75) is 27.2 Å². The van der Waals surface area contributed by atoms with E-state index in [9.17, 15) is 14.7 Å². The lowest BCUT2D eigenvalue weighted by atomic mass is 9.92. The van der Waals surface area contributed by atoms with Crippen molar-refractivity contribution in [3.05, 3.63) is 35.4 Å². The Hall–Kier alpha value is -2.37. The van der Waals surface area contributed by atoms with Crippen molar-refractivity contribution < 1.29 is 19.4 Å². The van der Waals surface area contributed by atoms with E-state index in [1.54, 1.807) is 16.7 Å². The molecule has 6 nitrogen and oxygen atoms in total. The Bertz CT molecular complexity index is 710. The number of carbonyl (C=O) groups excluding carboxylic acids is 1. The third kappa shape index (κ3) is 3.04. The van der Waals surface area contributed by atoms with Gasteiger partial charge in [0.25, 0.3) is 0 Å². The van der Waals surface area contributed by atoms with Crippen molar-refractivity contribution in [1.82, 2.24) is 9.38 Å². The van der Waals surface area contributed by atoms with Crippen LogP contribution in [0.1, 0.15) is 47.4 Å². The number of carbonyl (C=O) groups is 2. The van der Waals surface area contributed by atoms with E-state index in [1.165, 1.54) is 13.2 Å². The molecule has 0 saturated heterocycles. The number of hydrogen-bond acceptors (Lipinski definition) is 4. The fraction of sp³-hybridized carbons (Fsp3) is 0.400. The Morgan fingerprint density at radius 1 is 1.33 bits per heavy atom. The number of carboxylic acid groups (broad SMARTS) is 1. The van der Waals surface area contributed by atoms with Crippen LogP contribution in [-0.2, 0) is 11.2 Å². The molecule has 2 aromatic heterocycles. The first-order valence-corrected chi connectivity index (χ1v) is 6.55. The number of aromatic carboxylic acids is 1. The van der Waals surface area contributed by atoms with Gasteiger partial charge in [0, 0.05) is 12.6 Å². The molecular formula is C15H18N2O4. The van der Waals surface area contributed by atoms with Crippen molar-refractivity contribution in [3.63, 3.8) is 0 Å². The zero-order chi connectivity index (χ0) is 15.8. The van der Waals surface area contributed by atoms with E-state index in [0.29, 0.717) is 23.3 Å². The predicted molar refractivity (Wildman–Crippen MR) is 76.6 cm³/mol. The zero-order valence-corrected chi connectivity index (χ0v) is 12.5. The lowest BCUT2D eigenvalue weighted by Gasteiger charge is -2.16. The highest BCUT2D eigenvalue weighted by molar-refractivity contribution is 5.95.